The van der Waals surface area contributed by atoms with Gasteiger partial charge in [-0.1, -0.05) is 42.5 Å². The molecule has 1 N–H and O–H groups in total. The van der Waals surface area contributed by atoms with Gasteiger partial charge in [-0.2, -0.15) is 0 Å². The van der Waals surface area contributed by atoms with E-state index in [9.17, 15) is 4.79 Å². The Labute approximate surface area is 96.0 Å². The summed E-state index contributed by atoms with van der Waals surface area (Å²) < 4.78 is 0. The normalized spacial score (nSPS) is 13.2. The van der Waals surface area contributed by atoms with Crippen molar-refractivity contribution in [3.05, 3.63) is 42.0 Å². The first-order chi connectivity index (χ1) is 7.61. The molecular weight excluding hydrogens is 202 g/mol. The third-order valence-electron chi connectivity index (χ3n) is 2.52. The number of carbonyl (C=O) groups is 1. The van der Waals surface area contributed by atoms with Crippen molar-refractivity contribution < 1.29 is 9.90 Å². The van der Waals surface area contributed by atoms with Crippen molar-refractivity contribution >= 4 is 12.0 Å². The van der Waals surface area contributed by atoms with Crippen molar-refractivity contribution in [2.24, 2.45) is 0 Å². The molecule has 0 fully saturated rings. The van der Waals surface area contributed by atoms with Crippen LogP contribution in [0.5, 0.6) is 0 Å². The van der Waals surface area contributed by atoms with Gasteiger partial charge in [0.05, 0.1) is 0 Å². The summed E-state index contributed by atoms with van der Waals surface area (Å²) in [6.45, 7) is 2.31. The number of carboxylic acid groups (broad SMARTS) is 1. The quantitative estimate of drug-likeness (QED) is 0.824. The van der Waals surface area contributed by atoms with Gasteiger partial charge in [0.1, 0.15) is 6.04 Å². The second-order valence-electron chi connectivity index (χ2n) is 3.77. The highest BCUT2D eigenvalue weighted by Gasteiger charge is 2.14. The zero-order valence-corrected chi connectivity index (χ0v) is 9.63. The van der Waals surface area contributed by atoms with Gasteiger partial charge in [-0.05, 0) is 19.5 Å². The monoisotopic (exact) mass is 219 g/mol. The molecule has 86 valence electrons. The molecule has 1 atom stereocenters. The van der Waals surface area contributed by atoms with E-state index in [1.54, 1.807) is 18.9 Å². The zero-order chi connectivity index (χ0) is 12.0. The molecule has 0 bridgehead atoms. The molecule has 0 spiro atoms. The number of hydrogen-bond acceptors (Lipinski definition) is 2. The van der Waals surface area contributed by atoms with Crippen molar-refractivity contribution in [2.45, 2.75) is 13.0 Å². The van der Waals surface area contributed by atoms with Crippen LogP contribution in [0, 0.1) is 0 Å². The minimum absolute atomic E-state index is 0.458. The van der Waals surface area contributed by atoms with Gasteiger partial charge in [-0.25, -0.2) is 0 Å². The Morgan fingerprint density at radius 3 is 2.62 bits per heavy atom. The van der Waals surface area contributed by atoms with Gasteiger partial charge in [0.15, 0.2) is 0 Å². The maximum Gasteiger partial charge on any atom is 0.320 e. The van der Waals surface area contributed by atoms with E-state index in [0.717, 1.165) is 5.56 Å². The second kappa shape index (κ2) is 6.08. The van der Waals surface area contributed by atoms with Crippen LogP contribution in [0.2, 0.25) is 0 Å². The number of likely N-dealkylation sites (N-methyl/N-ethyl adjacent to an activating group) is 1. The Hall–Kier alpha value is -1.61. The van der Waals surface area contributed by atoms with E-state index in [1.165, 1.54) is 0 Å². The largest absolute Gasteiger partial charge is 0.480 e. The maximum absolute atomic E-state index is 10.7. The molecule has 1 unspecified atom stereocenters. The van der Waals surface area contributed by atoms with Gasteiger partial charge in [-0.15, -0.1) is 0 Å². The van der Waals surface area contributed by atoms with E-state index in [4.69, 9.17) is 5.11 Å². The third kappa shape index (κ3) is 3.87. The van der Waals surface area contributed by atoms with Crippen LogP contribution in [0.15, 0.2) is 36.4 Å². The van der Waals surface area contributed by atoms with E-state index in [0.29, 0.717) is 6.54 Å². The van der Waals surface area contributed by atoms with Crippen LogP contribution in [0.3, 0.4) is 0 Å². The first-order valence-electron chi connectivity index (χ1n) is 5.26. The first kappa shape index (κ1) is 12.5. The molecule has 0 amide bonds. The highest BCUT2D eigenvalue weighted by atomic mass is 16.4. The minimum Gasteiger partial charge on any atom is -0.480 e. The average molecular weight is 219 g/mol. The molecule has 16 heavy (non-hydrogen) atoms. The molecule has 1 aromatic rings. The number of hydrogen-bond donors (Lipinski definition) is 1. The van der Waals surface area contributed by atoms with E-state index >= 15 is 0 Å². The molecule has 3 nitrogen and oxygen atoms in total. The lowest BCUT2D eigenvalue weighted by atomic mass is 10.2. The highest BCUT2D eigenvalue weighted by Crippen LogP contribution is 2.02. The lowest BCUT2D eigenvalue weighted by molar-refractivity contribution is -0.141. The summed E-state index contributed by atoms with van der Waals surface area (Å²) in [7, 11) is 1.80. The van der Waals surface area contributed by atoms with Crippen LogP contribution < -0.4 is 0 Å². The summed E-state index contributed by atoms with van der Waals surface area (Å²) in [4.78, 5) is 12.5. The lowest BCUT2D eigenvalue weighted by Crippen LogP contribution is -2.35. The Morgan fingerprint density at radius 2 is 2.06 bits per heavy atom. The number of rotatable bonds is 5. The second-order valence-corrected chi connectivity index (χ2v) is 3.77. The Kier molecular flexibility index (Phi) is 4.73. The Bertz CT molecular complexity index is 359. The van der Waals surface area contributed by atoms with E-state index in [2.05, 4.69) is 0 Å². The first-order valence-corrected chi connectivity index (χ1v) is 5.26. The van der Waals surface area contributed by atoms with Crippen LogP contribution in [-0.2, 0) is 4.79 Å². The van der Waals surface area contributed by atoms with Crippen LogP contribution in [0.4, 0.5) is 0 Å². The number of benzene rings is 1. The topological polar surface area (TPSA) is 40.5 Å². The van der Waals surface area contributed by atoms with Gasteiger partial charge in [-0.3, -0.25) is 9.69 Å². The summed E-state index contributed by atoms with van der Waals surface area (Å²) in [6.07, 6.45) is 3.96. The predicted molar refractivity (Wildman–Crippen MR) is 65.2 cm³/mol. The molecule has 3 heteroatoms. The predicted octanol–water partition coefficient (Wildman–Crippen LogP) is 2.10. The summed E-state index contributed by atoms with van der Waals surface area (Å²) in [5.74, 6) is -0.796. The molecule has 0 radical (unpaired) electrons. The summed E-state index contributed by atoms with van der Waals surface area (Å²) in [6, 6.07) is 9.48. The molecule has 0 saturated heterocycles. The van der Waals surface area contributed by atoms with E-state index in [-0.39, 0.29) is 0 Å². The fourth-order valence-corrected chi connectivity index (χ4v) is 1.27. The maximum atomic E-state index is 10.7. The smallest absolute Gasteiger partial charge is 0.320 e. The van der Waals surface area contributed by atoms with Crippen molar-refractivity contribution in [1.82, 2.24) is 4.90 Å². The molecule has 1 aromatic carbocycles. The molecule has 0 aromatic heterocycles. The average Bonchev–Trinajstić information content (AvgIpc) is 2.29. The van der Waals surface area contributed by atoms with Crippen molar-refractivity contribution in [3.8, 4) is 0 Å². The minimum atomic E-state index is -0.796. The third-order valence-corrected chi connectivity index (χ3v) is 2.52. The number of carboxylic acids is 1. The van der Waals surface area contributed by atoms with Crippen LogP contribution in [-0.4, -0.2) is 35.6 Å². The highest BCUT2D eigenvalue weighted by molar-refractivity contribution is 5.72. The molecule has 0 heterocycles. The van der Waals surface area contributed by atoms with Crippen LogP contribution in [0.25, 0.3) is 6.08 Å². The van der Waals surface area contributed by atoms with E-state index in [1.807, 2.05) is 42.5 Å². The molecule has 0 aliphatic heterocycles. The van der Waals surface area contributed by atoms with Crippen molar-refractivity contribution in [3.63, 3.8) is 0 Å². The Morgan fingerprint density at radius 1 is 1.44 bits per heavy atom. The van der Waals surface area contributed by atoms with Crippen LogP contribution >= 0.6 is 0 Å². The fraction of sp³-hybridized carbons (Fsp3) is 0.308. The van der Waals surface area contributed by atoms with Crippen LogP contribution in [0.1, 0.15) is 12.5 Å². The van der Waals surface area contributed by atoms with Gasteiger partial charge < -0.3 is 5.11 Å². The lowest BCUT2D eigenvalue weighted by Gasteiger charge is -2.18. The standard InChI is InChI=1S/C13H17NO2/c1-11(13(15)16)14(2)10-6-9-12-7-4-3-5-8-12/h3-9,11H,10H2,1-2H3,(H,15,16)/b9-6+. The molecule has 0 aliphatic rings. The molecule has 1 rings (SSSR count). The van der Waals surface area contributed by atoms with Gasteiger partial charge >= 0.3 is 5.97 Å². The van der Waals surface area contributed by atoms with Gasteiger partial charge in [0, 0.05) is 6.54 Å². The van der Waals surface area contributed by atoms with Gasteiger partial charge in [0.25, 0.3) is 0 Å². The summed E-state index contributed by atoms with van der Waals surface area (Å²) >= 11 is 0. The van der Waals surface area contributed by atoms with Crippen molar-refractivity contribution in [2.75, 3.05) is 13.6 Å². The van der Waals surface area contributed by atoms with Gasteiger partial charge in [0.2, 0.25) is 0 Å². The SMILES string of the molecule is CC(C(=O)O)N(C)C/C=C/c1ccccc1. The van der Waals surface area contributed by atoms with E-state index < -0.39 is 12.0 Å². The Balaban J connectivity index is 2.46. The fourth-order valence-electron chi connectivity index (χ4n) is 1.27. The summed E-state index contributed by atoms with van der Waals surface area (Å²) in [5, 5.41) is 8.80. The molecule has 0 saturated carbocycles. The zero-order valence-electron chi connectivity index (χ0n) is 9.63. The number of nitrogens with zero attached hydrogens (tertiary/aromatic N) is 1. The summed E-state index contributed by atoms with van der Waals surface area (Å²) in [5.41, 5.74) is 1.12. The molecule has 0 aliphatic carbocycles. The van der Waals surface area contributed by atoms with Crippen molar-refractivity contribution in [1.29, 1.82) is 0 Å². The molecular formula is C13H17NO2. The number of aliphatic carboxylic acids is 1.